The zero-order valence-corrected chi connectivity index (χ0v) is 21.6. The summed E-state index contributed by atoms with van der Waals surface area (Å²) in [6, 6.07) is 11.7. The predicted molar refractivity (Wildman–Crippen MR) is 136 cm³/mol. The number of carbonyl (C=O) groups excluding carboxylic acids is 3. The minimum Gasteiger partial charge on any atom is -0.497 e. The Bertz CT molecular complexity index is 1380. The van der Waals surface area contributed by atoms with Crippen molar-refractivity contribution in [3.05, 3.63) is 70.1 Å². The molecule has 0 aliphatic rings. The van der Waals surface area contributed by atoms with Gasteiger partial charge in [-0.2, -0.15) is 0 Å². The van der Waals surface area contributed by atoms with Crippen LogP contribution in [0.2, 0.25) is 0 Å². The van der Waals surface area contributed by atoms with Crippen LogP contribution < -0.4 is 20.1 Å². The van der Waals surface area contributed by atoms with E-state index in [1.54, 1.807) is 20.8 Å². The fraction of sp³-hybridized carbons (Fsp3) is 0.208. The van der Waals surface area contributed by atoms with Crippen molar-refractivity contribution in [2.45, 2.75) is 25.7 Å². The summed E-state index contributed by atoms with van der Waals surface area (Å²) in [7, 11) is -2.35. The zero-order valence-electron chi connectivity index (χ0n) is 20.0. The lowest BCUT2D eigenvalue weighted by molar-refractivity contribution is 0.0925. The molecule has 190 valence electrons. The van der Waals surface area contributed by atoms with Gasteiger partial charge in [0.05, 0.1) is 24.2 Å². The molecule has 3 aromatic rings. The van der Waals surface area contributed by atoms with Crippen molar-refractivity contribution >= 4 is 50.0 Å². The van der Waals surface area contributed by atoms with E-state index in [4.69, 9.17) is 9.47 Å². The van der Waals surface area contributed by atoms with Gasteiger partial charge < -0.3 is 14.8 Å². The number of anilines is 2. The normalized spacial score (nSPS) is 10.9. The molecule has 12 heteroatoms. The first-order chi connectivity index (χ1) is 17.1. The van der Waals surface area contributed by atoms with E-state index in [0.29, 0.717) is 11.3 Å². The number of amides is 3. The van der Waals surface area contributed by atoms with Crippen molar-refractivity contribution in [3.8, 4) is 5.75 Å². The molecule has 36 heavy (non-hydrogen) atoms. The van der Waals surface area contributed by atoms with E-state index < -0.39 is 27.9 Å². The molecule has 3 rings (SSSR count). The summed E-state index contributed by atoms with van der Waals surface area (Å²) in [6.45, 7) is 5.23. The number of carbonyl (C=O) groups is 3. The number of sulfonamides is 1. The molecule has 3 amide bonds. The molecule has 1 aromatic heterocycles. The van der Waals surface area contributed by atoms with E-state index in [9.17, 15) is 22.8 Å². The summed E-state index contributed by atoms with van der Waals surface area (Å²) in [4.78, 5) is 37.9. The van der Waals surface area contributed by atoms with E-state index in [1.807, 2.05) is 0 Å². The third-order valence-electron chi connectivity index (χ3n) is 5.10. The standard InChI is InChI=1S/C24H25N3O7S2/c1-5-34-24(30)26-22(29)20-14(2)15(3)35-23(20)25-21(28)16-6-8-17(9-7-16)27-36(31,32)19-12-10-18(33-4)11-13-19/h6-13,27H,5H2,1-4H3,(H,25,28)(H,26,29,30). The highest BCUT2D eigenvalue weighted by atomic mass is 32.2. The molecule has 10 nitrogen and oxygen atoms in total. The number of thiophene rings is 1. The molecule has 0 unspecified atom stereocenters. The number of ether oxygens (including phenoxy) is 2. The van der Waals surface area contributed by atoms with Crippen molar-refractivity contribution in [3.63, 3.8) is 0 Å². The van der Waals surface area contributed by atoms with Crippen LogP contribution in [-0.4, -0.2) is 40.0 Å². The number of hydrogen-bond donors (Lipinski definition) is 3. The Morgan fingerprint density at radius 2 is 1.58 bits per heavy atom. The molecule has 0 bridgehead atoms. The number of alkyl carbamates (subject to hydrolysis) is 1. The van der Waals surface area contributed by atoms with Crippen LogP contribution >= 0.6 is 11.3 Å². The number of methoxy groups -OCH3 is 1. The first-order valence-corrected chi connectivity index (χ1v) is 13.0. The third kappa shape index (κ3) is 6.20. The van der Waals surface area contributed by atoms with Crippen LogP contribution in [0, 0.1) is 13.8 Å². The van der Waals surface area contributed by atoms with Crippen LogP contribution in [0.25, 0.3) is 0 Å². The van der Waals surface area contributed by atoms with Gasteiger partial charge in [-0.25, -0.2) is 13.2 Å². The molecule has 0 aliphatic carbocycles. The van der Waals surface area contributed by atoms with E-state index in [1.165, 1.54) is 67.0 Å². The highest BCUT2D eigenvalue weighted by Gasteiger charge is 2.23. The third-order valence-corrected chi connectivity index (χ3v) is 7.62. The predicted octanol–water partition coefficient (Wildman–Crippen LogP) is 4.31. The summed E-state index contributed by atoms with van der Waals surface area (Å²) in [5, 5.41) is 5.11. The van der Waals surface area contributed by atoms with Gasteiger partial charge in [-0.05, 0) is 74.9 Å². The molecular weight excluding hydrogens is 506 g/mol. The van der Waals surface area contributed by atoms with Crippen molar-refractivity contribution in [2.24, 2.45) is 0 Å². The number of nitrogens with one attached hydrogen (secondary N) is 3. The van der Waals surface area contributed by atoms with E-state index >= 15 is 0 Å². The van der Waals surface area contributed by atoms with Gasteiger partial charge in [0.2, 0.25) is 0 Å². The number of imide groups is 1. The van der Waals surface area contributed by atoms with Crippen molar-refractivity contribution in [1.29, 1.82) is 0 Å². The highest BCUT2D eigenvalue weighted by molar-refractivity contribution is 7.92. The fourth-order valence-electron chi connectivity index (χ4n) is 3.14. The first kappa shape index (κ1) is 26.7. The quantitative estimate of drug-likeness (QED) is 0.393. The van der Waals surface area contributed by atoms with Crippen molar-refractivity contribution in [1.82, 2.24) is 5.32 Å². The van der Waals surface area contributed by atoms with Gasteiger partial charge in [0.1, 0.15) is 10.8 Å². The van der Waals surface area contributed by atoms with Gasteiger partial charge in [0.15, 0.2) is 0 Å². The maximum absolute atomic E-state index is 12.8. The Labute approximate surface area is 212 Å². The molecule has 0 atom stereocenters. The van der Waals surface area contributed by atoms with Crippen molar-refractivity contribution < 1.29 is 32.3 Å². The van der Waals surface area contributed by atoms with Gasteiger partial charge in [0.25, 0.3) is 21.8 Å². The molecule has 3 N–H and O–H groups in total. The molecule has 2 aromatic carbocycles. The summed E-state index contributed by atoms with van der Waals surface area (Å²) in [6.07, 6.45) is -0.879. The van der Waals surface area contributed by atoms with Crippen LogP contribution in [0.5, 0.6) is 5.75 Å². The Balaban J connectivity index is 1.73. The summed E-state index contributed by atoms with van der Waals surface area (Å²) < 4.78 is 37.5. The lowest BCUT2D eigenvalue weighted by Gasteiger charge is -2.10. The number of benzene rings is 2. The minimum atomic E-state index is -3.84. The van der Waals surface area contributed by atoms with Crippen LogP contribution in [0.15, 0.2) is 53.4 Å². The zero-order chi connectivity index (χ0) is 26.5. The average molecular weight is 532 g/mol. The van der Waals surface area contributed by atoms with E-state index in [0.717, 1.165) is 4.88 Å². The van der Waals surface area contributed by atoms with E-state index in [2.05, 4.69) is 15.4 Å². The number of aryl methyl sites for hydroxylation is 1. The van der Waals surface area contributed by atoms with Crippen LogP contribution in [0.1, 0.15) is 38.1 Å². The molecule has 0 saturated carbocycles. The summed E-state index contributed by atoms with van der Waals surface area (Å²) in [5.41, 5.74) is 1.30. The SMILES string of the molecule is CCOC(=O)NC(=O)c1c(NC(=O)c2ccc(NS(=O)(=O)c3ccc(OC)cc3)cc2)sc(C)c1C. The largest absolute Gasteiger partial charge is 0.497 e. The fourth-order valence-corrected chi connectivity index (χ4v) is 5.26. The molecule has 1 heterocycles. The van der Waals surface area contributed by atoms with Gasteiger partial charge in [-0.1, -0.05) is 0 Å². The molecular formula is C24H25N3O7S2. The second-order valence-corrected chi connectivity index (χ2v) is 10.4. The van der Waals surface area contributed by atoms with Gasteiger partial charge >= 0.3 is 6.09 Å². The van der Waals surface area contributed by atoms with Crippen LogP contribution in [0.4, 0.5) is 15.5 Å². The summed E-state index contributed by atoms with van der Waals surface area (Å²) >= 11 is 1.20. The molecule has 0 aliphatic heterocycles. The number of rotatable bonds is 8. The smallest absolute Gasteiger partial charge is 0.414 e. The number of hydrogen-bond acceptors (Lipinski definition) is 8. The lowest BCUT2D eigenvalue weighted by Crippen LogP contribution is -2.31. The lowest BCUT2D eigenvalue weighted by atomic mass is 10.1. The van der Waals surface area contributed by atoms with E-state index in [-0.39, 0.29) is 33.3 Å². The maximum atomic E-state index is 12.8. The topological polar surface area (TPSA) is 140 Å². The Hall–Kier alpha value is -3.90. The van der Waals surface area contributed by atoms with Gasteiger partial charge in [-0.3, -0.25) is 19.6 Å². The second kappa shape index (κ2) is 11.2. The summed E-state index contributed by atoms with van der Waals surface area (Å²) in [5.74, 6) is -0.665. The monoisotopic (exact) mass is 531 g/mol. The Morgan fingerprint density at radius 3 is 2.17 bits per heavy atom. The highest BCUT2D eigenvalue weighted by Crippen LogP contribution is 2.33. The van der Waals surface area contributed by atoms with Crippen molar-refractivity contribution in [2.75, 3.05) is 23.8 Å². The second-order valence-electron chi connectivity index (χ2n) is 7.47. The maximum Gasteiger partial charge on any atom is 0.414 e. The Kier molecular flexibility index (Phi) is 8.33. The average Bonchev–Trinajstić information content (AvgIpc) is 3.12. The van der Waals surface area contributed by atoms with Gasteiger partial charge in [-0.15, -0.1) is 11.3 Å². The molecule has 0 saturated heterocycles. The van der Waals surface area contributed by atoms with Crippen LogP contribution in [-0.2, 0) is 14.8 Å². The Morgan fingerprint density at radius 1 is 0.944 bits per heavy atom. The molecule has 0 radical (unpaired) electrons. The molecule has 0 fully saturated rings. The minimum absolute atomic E-state index is 0.0576. The molecule has 0 spiro atoms. The van der Waals surface area contributed by atoms with Gasteiger partial charge in [0, 0.05) is 16.1 Å². The first-order valence-electron chi connectivity index (χ1n) is 10.7. The van der Waals surface area contributed by atoms with Crippen LogP contribution in [0.3, 0.4) is 0 Å².